The third-order valence-electron chi connectivity index (χ3n) is 1.13. The van der Waals surface area contributed by atoms with Crippen LogP contribution in [-0.2, 0) is 0 Å². The molecule has 0 N–H and O–H groups in total. The Morgan fingerprint density at radius 3 is 2.10 bits per heavy atom. The Kier molecular flexibility index (Phi) is 5.18. The Hall–Kier alpha value is 0.310. The van der Waals surface area contributed by atoms with Crippen LogP contribution in [0.15, 0.2) is 24.3 Å². The van der Waals surface area contributed by atoms with Gasteiger partial charge in [0.1, 0.15) is 0 Å². The molecule has 0 saturated heterocycles. The molecular weight excluding hydrogens is 157 g/mol. The van der Waals surface area contributed by atoms with E-state index in [1.54, 1.807) is 0 Å². The van der Waals surface area contributed by atoms with Crippen LogP contribution >= 0.6 is 11.8 Å². The molecule has 0 saturated carbocycles. The summed E-state index contributed by atoms with van der Waals surface area (Å²) in [5.74, 6) is 0. The molecule has 0 aliphatic heterocycles. The summed E-state index contributed by atoms with van der Waals surface area (Å²) < 4.78 is 0. The van der Waals surface area contributed by atoms with Crippen LogP contribution < -0.4 is 29.6 Å². The van der Waals surface area contributed by atoms with Gasteiger partial charge in [-0.25, -0.2) is 11.8 Å². The number of hydrogen-bond acceptors (Lipinski definition) is 0. The van der Waals surface area contributed by atoms with Gasteiger partial charge in [-0.3, -0.25) is 0 Å². The zero-order chi connectivity index (χ0) is 6.69. The fourth-order valence-corrected chi connectivity index (χ4v) is 0.714. The maximum atomic E-state index is 5.20. The SMILES string of the molecule is Cc1ccc([N-]Cl)cc1.[Na+]. The molecule has 48 valence electrons. The number of aryl methyl sites for hydroxylation is 1. The van der Waals surface area contributed by atoms with Crippen molar-refractivity contribution in [1.29, 1.82) is 0 Å². The molecule has 0 amide bonds. The summed E-state index contributed by atoms with van der Waals surface area (Å²) in [6.45, 7) is 2.03. The van der Waals surface area contributed by atoms with Crippen molar-refractivity contribution in [3.63, 3.8) is 0 Å². The van der Waals surface area contributed by atoms with E-state index in [0.29, 0.717) is 0 Å². The summed E-state index contributed by atoms with van der Waals surface area (Å²) in [6.07, 6.45) is 0. The van der Waals surface area contributed by atoms with Crippen molar-refractivity contribution in [2.75, 3.05) is 0 Å². The van der Waals surface area contributed by atoms with E-state index in [9.17, 15) is 0 Å². The molecule has 0 unspecified atom stereocenters. The predicted octanol–water partition coefficient (Wildman–Crippen LogP) is 0.158. The van der Waals surface area contributed by atoms with E-state index < -0.39 is 0 Å². The van der Waals surface area contributed by atoms with Gasteiger partial charge in [-0.2, -0.15) is 0 Å². The van der Waals surface area contributed by atoms with Crippen LogP contribution in [0.25, 0.3) is 4.84 Å². The molecular formula is C7H7ClNNa. The first-order valence-electron chi connectivity index (χ1n) is 2.71. The van der Waals surface area contributed by atoms with Gasteiger partial charge in [0.15, 0.2) is 0 Å². The Balaban J connectivity index is 0.000000810. The molecule has 10 heavy (non-hydrogen) atoms. The van der Waals surface area contributed by atoms with Crippen molar-refractivity contribution in [3.05, 3.63) is 34.7 Å². The molecule has 1 nitrogen and oxygen atoms in total. The fraction of sp³-hybridized carbons (Fsp3) is 0.143. The van der Waals surface area contributed by atoms with Crippen molar-refractivity contribution in [1.82, 2.24) is 0 Å². The van der Waals surface area contributed by atoms with Gasteiger partial charge >= 0.3 is 29.6 Å². The quantitative estimate of drug-likeness (QED) is 0.524. The number of nitrogens with zero attached hydrogens (tertiary/aromatic N) is 1. The maximum absolute atomic E-state index is 5.20. The zero-order valence-corrected chi connectivity index (χ0v) is 8.89. The Bertz CT molecular complexity index is 185. The van der Waals surface area contributed by atoms with Crippen molar-refractivity contribution >= 4 is 17.5 Å². The van der Waals surface area contributed by atoms with Gasteiger partial charge in [-0.1, -0.05) is 29.8 Å². The van der Waals surface area contributed by atoms with E-state index >= 15 is 0 Å². The van der Waals surface area contributed by atoms with E-state index in [1.165, 1.54) is 5.56 Å². The number of benzene rings is 1. The van der Waals surface area contributed by atoms with Crippen molar-refractivity contribution in [3.8, 4) is 0 Å². The third-order valence-corrected chi connectivity index (χ3v) is 1.33. The van der Waals surface area contributed by atoms with Gasteiger partial charge in [0.25, 0.3) is 0 Å². The van der Waals surface area contributed by atoms with Crippen LogP contribution in [0.5, 0.6) is 0 Å². The smallest absolute Gasteiger partial charge is 0.601 e. The molecule has 1 aromatic rings. The van der Waals surface area contributed by atoms with E-state index in [0.717, 1.165) is 5.69 Å². The van der Waals surface area contributed by atoms with E-state index in [-0.39, 0.29) is 29.6 Å². The first-order chi connectivity index (χ1) is 4.33. The second kappa shape index (κ2) is 5.03. The minimum absolute atomic E-state index is 0. The first kappa shape index (κ1) is 10.3. The molecule has 0 aliphatic carbocycles. The molecule has 0 bridgehead atoms. The zero-order valence-electron chi connectivity index (χ0n) is 6.13. The van der Waals surface area contributed by atoms with Crippen LogP contribution in [0.1, 0.15) is 5.56 Å². The van der Waals surface area contributed by atoms with Crippen molar-refractivity contribution in [2.24, 2.45) is 0 Å². The third kappa shape index (κ3) is 2.93. The van der Waals surface area contributed by atoms with E-state index in [2.05, 4.69) is 4.84 Å². The molecule has 1 rings (SSSR count). The van der Waals surface area contributed by atoms with Crippen LogP contribution in [0.3, 0.4) is 0 Å². The van der Waals surface area contributed by atoms with Gasteiger partial charge in [-0.05, 0) is 6.92 Å². The predicted molar refractivity (Wildman–Crippen MR) is 40.1 cm³/mol. The normalized spacial score (nSPS) is 8.20. The second-order valence-corrected chi connectivity index (χ2v) is 2.09. The minimum atomic E-state index is 0. The Morgan fingerprint density at radius 2 is 1.70 bits per heavy atom. The van der Waals surface area contributed by atoms with Gasteiger partial charge in [0.2, 0.25) is 0 Å². The Morgan fingerprint density at radius 1 is 1.20 bits per heavy atom. The molecule has 0 fully saturated rings. The van der Waals surface area contributed by atoms with Gasteiger partial charge < -0.3 is 4.84 Å². The van der Waals surface area contributed by atoms with Crippen molar-refractivity contribution in [2.45, 2.75) is 6.92 Å². The summed E-state index contributed by atoms with van der Waals surface area (Å²) in [6, 6.07) is 7.70. The first-order valence-corrected chi connectivity index (χ1v) is 3.05. The molecule has 3 heteroatoms. The minimum Gasteiger partial charge on any atom is -0.601 e. The molecule has 0 aromatic heterocycles. The largest absolute Gasteiger partial charge is 1.00 e. The summed E-state index contributed by atoms with van der Waals surface area (Å²) in [5, 5.41) is 0. The van der Waals surface area contributed by atoms with Gasteiger partial charge in [0, 0.05) is 0 Å². The van der Waals surface area contributed by atoms with Crippen LogP contribution in [0, 0.1) is 6.92 Å². The summed E-state index contributed by atoms with van der Waals surface area (Å²) in [7, 11) is 0. The molecule has 0 atom stereocenters. The number of hydrogen-bond donors (Lipinski definition) is 0. The molecule has 0 spiro atoms. The molecule has 0 heterocycles. The topological polar surface area (TPSA) is 14.1 Å². The van der Waals surface area contributed by atoms with Crippen molar-refractivity contribution < 1.29 is 29.6 Å². The molecule has 0 radical (unpaired) electrons. The monoisotopic (exact) mass is 163 g/mol. The van der Waals surface area contributed by atoms with E-state index in [1.807, 2.05) is 31.2 Å². The van der Waals surface area contributed by atoms with Gasteiger partial charge in [0.05, 0.1) is 0 Å². The van der Waals surface area contributed by atoms with E-state index in [4.69, 9.17) is 11.8 Å². The second-order valence-electron chi connectivity index (χ2n) is 1.92. The fourth-order valence-electron chi connectivity index (χ4n) is 0.601. The standard InChI is InChI=1S/C7H7ClN.Na/c1-6-2-4-7(9-8)5-3-6;/h2-5H,1H3;/q-1;+1. The average molecular weight is 164 g/mol. The van der Waals surface area contributed by atoms with Gasteiger partial charge in [-0.15, -0.1) is 5.69 Å². The number of halogens is 1. The van der Waals surface area contributed by atoms with Crippen LogP contribution in [-0.4, -0.2) is 0 Å². The van der Waals surface area contributed by atoms with Crippen LogP contribution in [0.2, 0.25) is 0 Å². The summed E-state index contributed by atoms with van der Waals surface area (Å²) in [5.41, 5.74) is 2.03. The molecule has 0 aliphatic rings. The summed E-state index contributed by atoms with van der Waals surface area (Å²) >= 11 is 5.20. The maximum Gasteiger partial charge on any atom is 1.00 e. The molecule has 1 aromatic carbocycles. The summed E-state index contributed by atoms with van der Waals surface area (Å²) in [4.78, 5) is 3.48. The van der Waals surface area contributed by atoms with Crippen LogP contribution in [0.4, 0.5) is 5.69 Å². The number of rotatable bonds is 1. The Labute approximate surface area is 88.2 Å². The average Bonchev–Trinajstić information content (AvgIpc) is 1.90.